The van der Waals surface area contributed by atoms with E-state index in [0.717, 1.165) is 29.7 Å². The summed E-state index contributed by atoms with van der Waals surface area (Å²) in [7, 11) is 0. The maximum absolute atomic E-state index is 12.3. The smallest absolute Gasteiger partial charge is 0.341 e. The Morgan fingerprint density at radius 3 is 2.67 bits per heavy atom. The number of rotatable bonds is 4. The zero-order valence-corrected chi connectivity index (χ0v) is 14.7. The molecule has 1 aromatic heterocycles. The fourth-order valence-corrected chi connectivity index (χ4v) is 4.11. The van der Waals surface area contributed by atoms with Crippen molar-refractivity contribution >= 4 is 45.6 Å². The minimum atomic E-state index is -0.400. The first-order valence-corrected chi connectivity index (χ1v) is 8.93. The topological polar surface area (TPSA) is 67.4 Å². The van der Waals surface area contributed by atoms with E-state index in [1.54, 1.807) is 31.2 Å². The van der Waals surface area contributed by atoms with E-state index < -0.39 is 6.03 Å². The first-order chi connectivity index (χ1) is 11.6. The van der Waals surface area contributed by atoms with Crippen molar-refractivity contribution in [3.8, 4) is 0 Å². The van der Waals surface area contributed by atoms with Gasteiger partial charge in [-0.05, 0) is 56.0 Å². The van der Waals surface area contributed by atoms with Gasteiger partial charge < -0.3 is 10.1 Å². The Labute approximate surface area is 149 Å². The molecule has 24 heavy (non-hydrogen) atoms. The van der Waals surface area contributed by atoms with Crippen molar-refractivity contribution in [3.63, 3.8) is 0 Å². The summed E-state index contributed by atoms with van der Waals surface area (Å²) in [6, 6.07) is 6.41. The standard InChI is InChI=1S/C17H17ClN2O3S/c1-2-23-16(21)14-12-4-3-5-13(12)24-15(14)20-17(22)19-11-8-6-10(18)7-9-11/h6-9H,2-5H2,1H3,(H2,19,20,22). The quantitative estimate of drug-likeness (QED) is 0.772. The van der Waals surface area contributed by atoms with Gasteiger partial charge in [-0.15, -0.1) is 11.3 Å². The van der Waals surface area contributed by atoms with Crippen molar-refractivity contribution in [3.05, 3.63) is 45.3 Å². The van der Waals surface area contributed by atoms with Crippen molar-refractivity contribution < 1.29 is 14.3 Å². The lowest BCUT2D eigenvalue weighted by Crippen LogP contribution is -2.20. The van der Waals surface area contributed by atoms with E-state index in [1.165, 1.54) is 11.3 Å². The molecule has 1 aliphatic carbocycles. The summed E-state index contributed by atoms with van der Waals surface area (Å²) >= 11 is 7.28. The zero-order valence-electron chi connectivity index (χ0n) is 13.1. The molecule has 2 amide bonds. The second kappa shape index (κ2) is 7.23. The minimum Gasteiger partial charge on any atom is -0.462 e. The fourth-order valence-electron chi connectivity index (χ4n) is 2.71. The van der Waals surface area contributed by atoms with Crippen molar-refractivity contribution in [1.82, 2.24) is 0 Å². The largest absolute Gasteiger partial charge is 0.462 e. The first kappa shape index (κ1) is 16.8. The highest BCUT2D eigenvalue weighted by Gasteiger charge is 2.28. The van der Waals surface area contributed by atoms with Crippen LogP contribution in [0.1, 0.15) is 34.1 Å². The van der Waals surface area contributed by atoms with Crippen LogP contribution < -0.4 is 10.6 Å². The number of urea groups is 1. The van der Waals surface area contributed by atoms with Gasteiger partial charge in [-0.2, -0.15) is 0 Å². The summed E-state index contributed by atoms with van der Waals surface area (Å²) in [4.78, 5) is 25.6. The predicted octanol–water partition coefficient (Wildman–Crippen LogP) is 4.71. The molecule has 5 nitrogen and oxygen atoms in total. The van der Waals surface area contributed by atoms with Gasteiger partial charge in [0.15, 0.2) is 0 Å². The van der Waals surface area contributed by atoms with Crippen molar-refractivity contribution in [2.45, 2.75) is 26.2 Å². The van der Waals surface area contributed by atoms with Crippen LogP contribution in [0, 0.1) is 0 Å². The molecule has 0 saturated heterocycles. The molecule has 0 spiro atoms. The highest BCUT2D eigenvalue weighted by molar-refractivity contribution is 7.17. The maximum Gasteiger partial charge on any atom is 0.341 e. The van der Waals surface area contributed by atoms with E-state index in [0.29, 0.717) is 27.9 Å². The van der Waals surface area contributed by atoms with Crippen LogP contribution in [-0.2, 0) is 17.6 Å². The normalized spacial score (nSPS) is 12.6. The van der Waals surface area contributed by atoms with E-state index in [9.17, 15) is 9.59 Å². The Hall–Kier alpha value is -2.05. The van der Waals surface area contributed by atoms with Gasteiger partial charge in [0.2, 0.25) is 0 Å². The van der Waals surface area contributed by atoms with Gasteiger partial charge in [-0.3, -0.25) is 5.32 Å². The highest BCUT2D eigenvalue weighted by atomic mass is 35.5. The molecule has 0 unspecified atom stereocenters. The molecule has 1 aromatic carbocycles. The number of ether oxygens (including phenoxy) is 1. The van der Waals surface area contributed by atoms with Crippen LogP contribution in [-0.4, -0.2) is 18.6 Å². The molecular weight excluding hydrogens is 348 g/mol. The van der Waals surface area contributed by atoms with E-state index >= 15 is 0 Å². The van der Waals surface area contributed by atoms with Crippen molar-refractivity contribution in [2.75, 3.05) is 17.2 Å². The number of anilines is 2. The average Bonchev–Trinajstić information content (AvgIpc) is 3.10. The lowest BCUT2D eigenvalue weighted by Gasteiger charge is -2.09. The summed E-state index contributed by atoms with van der Waals surface area (Å²) < 4.78 is 5.15. The third kappa shape index (κ3) is 3.55. The summed E-state index contributed by atoms with van der Waals surface area (Å²) in [5, 5.41) is 6.65. The van der Waals surface area contributed by atoms with Crippen LogP contribution >= 0.6 is 22.9 Å². The Bertz CT molecular complexity index is 771. The molecular formula is C17H17ClN2O3S. The monoisotopic (exact) mass is 364 g/mol. The number of fused-ring (bicyclic) bond motifs is 1. The summed E-state index contributed by atoms with van der Waals surface area (Å²) in [5.74, 6) is -0.376. The van der Waals surface area contributed by atoms with Crippen molar-refractivity contribution in [2.24, 2.45) is 0 Å². The average molecular weight is 365 g/mol. The summed E-state index contributed by atoms with van der Waals surface area (Å²) in [6.07, 6.45) is 2.82. The highest BCUT2D eigenvalue weighted by Crippen LogP contribution is 2.39. The van der Waals surface area contributed by atoms with E-state index in [2.05, 4.69) is 10.6 Å². The SMILES string of the molecule is CCOC(=O)c1c(NC(=O)Nc2ccc(Cl)cc2)sc2c1CCC2. The number of thiophene rings is 1. The Kier molecular flexibility index (Phi) is 5.06. The molecule has 2 N–H and O–H groups in total. The van der Waals surface area contributed by atoms with E-state index in [-0.39, 0.29) is 5.97 Å². The molecule has 0 radical (unpaired) electrons. The lowest BCUT2D eigenvalue weighted by atomic mass is 10.1. The molecule has 3 rings (SSSR count). The second-order valence-electron chi connectivity index (χ2n) is 5.37. The third-order valence-electron chi connectivity index (χ3n) is 3.73. The van der Waals surface area contributed by atoms with Crippen LogP contribution in [0.4, 0.5) is 15.5 Å². The Morgan fingerprint density at radius 1 is 1.21 bits per heavy atom. The van der Waals surface area contributed by atoms with Crippen LogP contribution in [0.2, 0.25) is 5.02 Å². The zero-order chi connectivity index (χ0) is 17.1. The fraction of sp³-hybridized carbons (Fsp3) is 0.294. The maximum atomic E-state index is 12.3. The van der Waals surface area contributed by atoms with E-state index in [1.807, 2.05) is 0 Å². The van der Waals surface area contributed by atoms with Crippen LogP contribution in [0.5, 0.6) is 0 Å². The predicted molar refractivity (Wildman–Crippen MR) is 96.4 cm³/mol. The van der Waals surface area contributed by atoms with E-state index in [4.69, 9.17) is 16.3 Å². The number of aryl methyl sites for hydroxylation is 1. The number of esters is 1. The van der Waals surface area contributed by atoms with Crippen LogP contribution in [0.3, 0.4) is 0 Å². The summed E-state index contributed by atoms with van der Waals surface area (Å²) in [5.41, 5.74) is 2.14. The van der Waals surface area contributed by atoms with Gasteiger partial charge in [0, 0.05) is 15.6 Å². The molecule has 0 saturated carbocycles. The lowest BCUT2D eigenvalue weighted by molar-refractivity contribution is 0.0527. The van der Waals surface area contributed by atoms with Gasteiger partial charge in [-0.1, -0.05) is 11.6 Å². The Morgan fingerprint density at radius 2 is 1.96 bits per heavy atom. The molecule has 0 bridgehead atoms. The molecule has 0 aliphatic heterocycles. The molecule has 126 valence electrons. The van der Waals surface area contributed by atoms with Crippen LogP contribution in [0.25, 0.3) is 0 Å². The number of carbonyl (C=O) groups is 2. The Balaban J connectivity index is 1.78. The number of carbonyl (C=O) groups excluding carboxylic acids is 2. The number of hydrogen-bond donors (Lipinski definition) is 2. The molecule has 0 atom stereocenters. The number of amides is 2. The van der Waals surface area contributed by atoms with Crippen molar-refractivity contribution in [1.29, 1.82) is 0 Å². The van der Waals surface area contributed by atoms with Gasteiger partial charge in [0.05, 0.1) is 12.2 Å². The molecule has 2 aromatic rings. The molecule has 1 heterocycles. The second-order valence-corrected chi connectivity index (χ2v) is 6.91. The summed E-state index contributed by atoms with van der Waals surface area (Å²) in [6.45, 7) is 2.07. The third-order valence-corrected chi connectivity index (χ3v) is 5.19. The number of nitrogens with one attached hydrogen (secondary N) is 2. The number of benzene rings is 1. The minimum absolute atomic E-state index is 0.305. The molecule has 0 fully saturated rings. The molecule has 7 heteroatoms. The van der Waals surface area contributed by atoms with Crippen LogP contribution in [0.15, 0.2) is 24.3 Å². The first-order valence-electron chi connectivity index (χ1n) is 7.73. The van der Waals surface area contributed by atoms with Gasteiger partial charge in [0.1, 0.15) is 5.00 Å². The van der Waals surface area contributed by atoms with Gasteiger partial charge in [0.25, 0.3) is 0 Å². The number of hydrogen-bond acceptors (Lipinski definition) is 4. The number of halogens is 1. The van der Waals surface area contributed by atoms with Gasteiger partial charge >= 0.3 is 12.0 Å². The molecule has 1 aliphatic rings. The van der Waals surface area contributed by atoms with Gasteiger partial charge in [-0.25, -0.2) is 9.59 Å².